The standard InChI is InChI=1S/C13H24IN/c1-5-6-7-13(11(2)3)9-8-12(4)10-15-14/h5,12-13,15H,1-2,6-10H2,3-4H3. The Morgan fingerprint density at radius 3 is 2.53 bits per heavy atom. The van der Waals surface area contributed by atoms with E-state index in [0.29, 0.717) is 5.92 Å². The van der Waals surface area contributed by atoms with E-state index < -0.39 is 0 Å². The normalized spacial score (nSPS) is 14.6. The third kappa shape index (κ3) is 8.03. The van der Waals surface area contributed by atoms with Gasteiger partial charge in [-0.2, -0.15) is 0 Å². The van der Waals surface area contributed by atoms with Gasteiger partial charge in [0.05, 0.1) is 0 Å². The molecule has 0 aromatic heterocycles. The van der Waals surface area contributed by atoms with Crippen LogP contribution in [-0.2, 0) is 0 Å². The van der Waals surface area contributed by atoms with Gasteiger partial charge in [0.1, 0.15) is 0 Å². The highest BCUT2D eigenvalue weighted by molar-refractivity contribution is 14.1. The fourth-order valence-electron chi connectivity index (χ4n) is 1.68. The Balaban J connectivity index is 3.84. The molecule has 1 nitrogen and oxygen atoms in total. The molecule has 2 unspecified atom stereocenters. The van der Waals surface area contributed by atoms with Crippen LogP contribution in [0.5, 0.6) is 0 Å². The molecule has 0 spiro atoms. The minimum atomic E-state index is 0.680. The molecule has 0 aromatic carbocycles. The van der Waals surface area contributed by atoms with Crippen LogP contribution in [0.2, 0.25) is 0 Å². The van der Waals surface area contributed by atoms with Crippen molar-refractivity contribution in [2.24, 2.45) is 11.8 Å². The minimum Gasteiger partial charge on any atom is -0.261 e. The van der Waals surface area contributed by atoms with E-state index in [1.54, 1.807) is 0 Å². The second-order valence-electron chi connectivity index (χ2n) is 4.43. The topological polar surface area (TPSA) is 12.0 Å². The van der Waals surface area contributed by atoms with Crippen LogP contribution in [0.15, 0.2) is 24.8 Å². The lowest BCUT2D eigenvalue weighted by molar-refractivity contribution is 0.431. The Labute approximate surface area is 109 Å². The number of hydrogen-bond donors (Lipinski definition) is 1. The van der Waals surface area contributed by atoms with E-state index >= 15 is 0 Å². The van der Waals surface area contributed by atoms with Crippen molar-refractivity contribution in [2.45, 2.75) is 39.5 Å². The maximum absolute atomic E-state index is 4.08. The SMILES string of the molecule is C=CCCC(CCC(C)CNI)C(=C)C. The lowest BCUT2D eigenvalue weighted by Gasteiger charge is -2.18. The highest BCUT2D eigenvalue weighted by Crippen LogP contribution is 2.23. The third-order valence-electron chi connectivity index (χ3n) is 2.85. The molecular weight excluding hydrogens is 297 g/mol. The lowest BCUT2D eigenvalue weighted by atomic mass is 9.89. The van der Waals surface area contributed by atoms with Crippen LogP contribution in [0.25, 0.3) is 0 Å². The molecule has 0 fully saturated rings. The van der Waals surface area contributed by atoms with Gasteiger partial charge < -0.3 is 0 Å². The van der Waals surface area contributed by atoms with Crippen molar-refractivity contribution in [3.63, 3.8) is 0 Å². The zero-order valence-electron chi connectivity index (χ0n) is 10.1. The van der Waals surface area contributed by atoms with Gasteiger partial charge in [0.25, 0.3) is 0 Å². The number of allylic oxidation sites excluding steroid dienone is 2. The molecule has 0 aromatic rings. The third-order valence-corrected chi connectivity index (χ3v) is 3.29. The van der Waals surface area contributed by atoms with E-state index in [4.69, 9.17) is 0 Å². The van der Waals surface area contributed by atoms with Crippen molar-refractivity contribution in [1.82, 2.24) is 3.53 Å². The van der Waals surface area contributed by atoms with E-state index in [0.717, 1.165) is 18.9 Å². The second-order valence-corrected chi connectivity index (χ2v) is 5.19. The van der Waals surface area contributed by atoms with Gasteiger partial charge in [-0.25, -0.2) is 0 Å². The maximum Gasteiger partial charge on any atom is 0.0169 e. The molecule has 0 aliphatic carbocycles. The highest BCUT2D eigenvalue weighted by Gasteiger charge is 2.10. The Bertz CT molecular complexity index is 189. The average molecular weight is 321 g/mol. The number of halogens is 1. The first kappa shape index (κ1) is 15.2. The summed E-state index contributed by atoms with van der Waals surface area (Å²) in [5.74, 6) is 1.44. The van der Waals surface area contributed by atoms with Gasteiger partial charge in [0, 0.05) is 29.4 Å². The summed E-state index contributed by atoms with van der Waals surface area (Å²) in [5, 5.41) is 0. The van der Waals surface area contributed by atoms with Gasteiger partial charge in [-0.05, 0) is 44.4 Å². The van der Waals surface area contributed by atoms with Gasteiger partial charge in [-0.1, -0.05) is 25.2 Å². The van der Waals surface area contributed by atoms with Crippen LogP contribution in [0, 0.1) is 11.8 Å². The number of hydrogen-bond acceptors (Lipinski definition) is 1. The van der Waals surface area contributed by atoms with E-state index in [2.05, 4.69) is 53.4 Å². The zero-order chi connectivity index (χ0) is 11.7. The van der Waals surface area contributed by atoms with E-state index in [1.165, 1.54) is 24.8 Å². The van der Waals surface area contributed by atoms with Crippen molar-refractivity contribution >= 4 is 22.9 Å². The van der Waals surface area contributed by atoms with Crippen LogP contribution in [-0.4, -0.2) is 6.54 Å². The van der Waals surface area contributed by atoms with Crippen molar-refractivity contribution in [2.75, 3.05) is 6.54 Å². The Morgan fingerprint density at radius 2 is 2.07 bits per heavy atom. The second kappa shape index (κ2) is 9.40. The van der Waals surface area contributed by atoms with Crippen molar-refractivity contribution in [1.29, 1.82) is 0 Å². The van der Waals surface area contributed by atoms with Crippen LogP contribution < -0.4 is 3.53 Å². The molecular formula is C13H24IN. The summed E-state index contributed by atoms with van der Waals surface area (Å²) in [6.07, 6.45) is 6.87. The molecule has 15 heavy (non-hydrogen) atoms. The molecule has 0 heterocycles. The Hall–Kier alpha value is 0.170. The molecule has 0 amide bonds. The molecule has 0 aliphatic heterocycles. The molecule has 0 bridgehead atoms. The molecule has 0 aliphatic rings. The molecule has 0 saturated heterocycles. The van der Waals surface area contributed by atoms with Gasteiger partial charge in [0.2, 0.25) is 0 Å². The fourth-order valence-corrected chi connectivity index (χ4v) is 2.43. The highest BCUT2D eigenvalue weighted by atomic mass is 127. The molecule has 1 N–H and O–H groups in total. The molecule has 0 radical (unpaired) electrons. The summed E-state index contributed by atoms with van der Waals surface area (Å²) in [6, 6.07) is 0. The molecule has 88 valence electrons. The maximum atomic E-state index is 4.08. The number of nitrogens with one attached hydrogen (secondary N) is 1. The van der Waals surface area contributed by atoms with Crippen LogP contribution in [0.1, 0.15) is 39.5 Å². The summed E-state index contributed by atoms with van der Waals surface area (Å²) < 4.78 is 3.19. The summed E-state index contributed by atoms with van der Waals surface area (Å²) in [6.45, 7) is 13.4. The van der Waals surface area contributed by atoms with E-state index in [-0.39, 0.29) is 0 Å². The fraction of sp³-hybridized carbons (Fsp3) is 0.692. The largest absolute Gasteiger partial charge is 0.261 e. The quantitative estimate of drug-likeness (QED) is 0.374. The van der Waals surface area contributed by atoms with Crippen LogP contribution in [0.4, 0.5) is 0 Å². The first-order valence-electron chi connectivity index (χ1n) is 5.71. The Kier molecular flexibility index (Phi) is 9.51. The predicted octanol–water partition coefficient (Wildman–Crippen LogP) is 4.50. The zero-order valence-corrected chi connectivity index (χ0v) is 12.2. The van der Waals surface area contributed by atoms with Gasteiger partial charge >= 0.3 is 0 Å². The molecule has 2 atom stereocenters. The Morgan fingerprint density at radius 1 is 1.40 bits per heavy atom. The smallest absolute Gasteiger partial charge is 0.0169 e. The van der Waals surface area contributed by atoms with Crippen molar-refractivity contribution in [3.05, 3.63) is 24.8 Å². The van der Waals surface area contributed by atoms with Crippen LogP contribution >= 0.6 is 22.9 Å². The van der Waals surface area contributed by atoms with Crippen molar-refractivity contribution < 1.29 is 0 Å². The van der Waals surface area contributed by atoms with E-state index in [1.807, 2.05) is 6.08 Å². The van der Waals surface area contributed by atoms with Gasteiger partial charge in [0.15, 0.2) is 0 Å². The molecule has 0 rings (SSSR count). The van der Waals surface area contributed by atoms with Crippen LogP contribution in [0.3, 0.4) is 0 Å². The summed E-state index contributed by atoms with van der Waals surface area (Å²) in [7, 11) is 0. The van der Waals surface area contributed by atoms with Gasteiger partial charge in [-0.15, -0.1) is 6.58 Å². The summed E-state index contributed by atoms with van der Waals surface area (Å²) in [4.78, 5) is 0. The lowest BCUT2D eigenvalue weighted by Crippen LogP contribution is -2.13. The average Bonchev–Trinajstić information content (AvgIpc) is 2.17. The molecule has 2 heteroatoms. The van der Waals surface area contributed by atoms with E-state index in [9.17, 15) is 0 Å². The monoisotopic (exact) mass is 321 g/mol. The summed E-state index contributed by atoms with van der Waals surface area (Å²) in [5.41, 5.74) is 1.33. The minimum absolute atomic E-state index is 0.680. The summed E-state index contributed by atoms with van der Waals surface area (Å²) >= 11 is 2.21. The van der Waals surface area contributed by atoms with Gasteiger partial charge in [-0.3, -0.25) is 3.53 Å². The first-order chi connectivity index (χ1) is 7.11. The molecule has 0 saturated carbocycles. The predicted molar refractivity (Wildman–Crippen MR) is 78.2 cm³/mol. The van der Waals surface area contributed by atoms with Crippen molar-refractivity contribution in [3.8, 4) is 0 Å². The number of rotatable bonds is 9. The first-order valence-corrected chi connectivity index (χ1v) is 6.79.